The lowest BCUT2D eigenvalue weighted by Crippen LogP contribution is -2.09. The number of aromatic hydroxyl groups is 2. The first-order chi connectivity index (χ1) is 19.5. The average molecular weight is 523 g/mol. The van der Waals surface area contributed by atoms with Gasteiger partial charge >= 0.3 is 0 Å². The lowest BCUT2D eigenvalue weighted by atomic mass is 10.1. The van der Waals surface area contributed by atoms with Crippen LogP contribution in [0.4, 0.5) is 22.7 Å². The quantitative estimate of drug-likeness (QED) is 0.158. The molecule has 0 saturated heterocycles. The molecule has 0 radical (unpaired) electrons. The molecule has 4 heteroatoms. The first-order valence-corrected chi connectivity index (χ1v) is 13.0. The number of fused-ring (bicyclic) bond motifs is 1. The number of para-hydroxylation sites is 3. The van der Waals surface area contributed by atoms with Gasteiger partial charge in [0.25, 0.3) is 0 Å². The fourth-order valence-corrected chi connectivity index (χ4v) is 4.57. The van der Waals surface area contributed by atoms with E-state index in [1.54, 1.807) is 24.4 Å². The van der Waals surface area contributed by atoms with E-state index in [1.807, 2.05) is 91.9 Å². The summed E-state index contributed by atoms with van der Waals surface area (Å²) < 4.78 is 0. The molecule has 5 rings (SSSR count). The van der Waals surface area contributed by atoms with E-state index in [9.17, 15) is 10.2 Å². The second-order valence-electron chi connectivity index (χ2n) is 9.42. The molecule has 0 unspecified atom stereocenters. The molecule has 5 aromatic carbocycles. The standard InChI is InChI=1S/C36H30N2O2/c1-26(13-11-14-27(2)32-20-9-10-22-34(32)39)25-37-33-21-12-15-28-23-31(24-35(40)36(28)33)38(29-16-5-3-6-17-29)30-18-7-4-8-19-30/h3-25,39-40H,2H2,1H3/b14-11-,26-13+,37-25+. The number of hydrogen-bond acceptors (Lipinski definition) is 4. The Kier molecular flexibility index (Phi) is 7.89. The molecule has 0 amide bonds. The van der Waals surface area contributed by atoms with Crippen LogP contribution in [0.5, 0.6) is 11.5 Å². The average Bonchev–Trinajstić information content (AvgIpc) is 2.97. The van der Waals surface area contributed by atoms with E-state index in [2.05, 4.69) is 41.8 Å². The van der Waals surface area contributed by atoms with Crippen LogP contribution in [0, 0.1) is 0 Å². The monoisotopic (exact) mass is 522 g/mol. The van der Waals surface area contributed by atoms with Gasteiger partial charge in [-0.1, -0.05) is 91.5 Å². The van der Waals surface area contributed by atoms with Gasteiger partial charge in [0, 0.05) is 34.6 Å². The van der Waals surface area contributed by atoms with Crippen LogP contribution < -0.4 is 4.90 Å². The summed E-state index contributed by atoms with van der Waals surface area (Å²) in [6.45, 7) is 5.99. The molecule has 0 aliphatic heterocycles. The van der Waals surface area contributed by atoms with Crippen molar-refractivity contribution in [3.05, 3.63) is 151 Å². The molecule has 0 aliphatic carbocycles. The molecule has 0 fully saturated rings. The lowest BCUT2D eigenvalue weighted by Gasteiger charge is -2.26. The van der Waals surface area contributed by atoms with Gasteiger partial charge in [0.2, 0.25) is 0 Å². The molecule has 4 nitrogen and oxygen atoms in total. The van der Waals surface area contributed by atoms with Crippen LogP contribution in [-0.4, -0.2) is 16.4 Å². The first kappa shape index (κ1) is 26.3. The molecule has 2 N–H and O–H groups in total. The van der Waals surface area contributed by atoms with Crippen LogP contribution in [-0.2, 0) is 0 Å². The van der Waals surface area contributed by atoms with Gasteiger partial charge in [-0.25, -0.2) is 0 Å². The summed E-state index contributed by atoms with van der Waals surface area (Å²) in [5.74, 6) is 0.367. The van der Waals surface area contributed by atoms with Crippen molar-refractivity contribution in [1.29, 1.82) is 0 Å². The highest BCUT2D eigenvalue weighted by molar-refractivity contribution is 6.02. The number of rotatable bonds is 8. The number of benzene rings is 5. The maximum Gasteiger partial charge on any atom is 0.127 e. The van der Waals surface area contributed by atoms with E-state index < -0.39 is 0 Å². The van der Waals surface area contributed by atoms with Gasteiger partial charge in [-0.15, -0.1) is 0 Å². The Balaban J connectivity index is 1.44. The minimum atomic E-state index is 0.164. The highest BCUT2D eigenvalue weighted by Gasteiger charge is 2.15. The van der Waals surface area contributed by atoms with E-state index >= 15 is 0 Å². The fourth-order valence-electron chi connectivity index (χ4n) is 4.57. The summed E-state index contributed by atoms with van der Waals surface area (Å²) in [6, 6.07) is 37.0. The Labute approximate surface area is 234 Å². The van der Waals surface area contributed by atoms with Crippen molar-refractivity contribution in [1.82, 2.24) is 0 Å². The van der Waals surface area contributed by atoms with Crippen LogP contribution in [0.2, 0.25) is 0 Å². The predicted molar refractivity (Wildman–Crippen MR) is 168 cm³/mol. The number of phenolic OH excluding ortho intramolecular Hbond substituents is 2. The van der Waals surface area contributed by atoms with Crippen molar-refractivity contribution in [2.24, 2.45) is 4.99 Å². The Bertz CT molecular complexity index is 1700. The molecule has 0 heterocycles. The highest BCUT2D eigenvalue weighted by atomic mass is 16.3. The van der Waals surface area contributed by atoms with Gasteiger partial charge in [0.15, 0.2) is 0 Å². The zero-order chi connectivity index (χ0) is 27.9. The number of nitrogens with zero attached hydrogens (tertiary/aromatic N) is 2. The Morgan fingerprint density at radius 1 is 0.725 bits per heavy atom. The third kappa shape index (κ3) is 5.87. The largest absolute Gasteiger partial charge is 0.507 e. The van der Waals surface area contributed by atoms with Crippen LogP contribution in [0.3, 0.4) is 0 Å². The second-order valence-corrected chi connectivity index (χ2v) is 9.42. The van der Waals surface area contributed by atoms with E-state index in [-0.39, 0.29) is 11.5 Å². The van der Waals surface area contributed by atoms with Crippen molar-refractivity contribution < 1.29 is 10.2 Å². The molecule has 0 aromatic heterocycles. The van der Waals surface area contributed by atoms with Crippen molar-refractivity contribution in [2.75, 3.05) is 4.90 Å². The number of anilines is 3. The molecule has 0 atom stereocenters. The van der Waals surface area contributed by atoms with Crippen LogP contribution in [0.25, 0.3) is 16.3 Å². The Hall–Kier alpha value is -5.35. The molecule has 196 valence electrons. The van der Waals surface area contributed by atoms with Gasteiger partial charge in [-0.3, -0.25) is 4.99 Å². The number of phenols is 2. The summed E-state index contributed by atoms with van der Waals surface area (Å²) in [4.78, 5) is 6.82. The summed E-state index contributed by atoms with van der Waals surface area (Å²) in [7, 11) is 0. The maximum absolute atomic E-state index is 11.2. The smallest absolute Gasteiger partial charge is 0.127 e. The van der Waals surface area contributed by atoms with Crippen LogP contribution >= 0.6 is 0 Å². The lowest BCUT2D eigenvalue weighted by molar-refractivity contribution is 0.473. The molecule has 5 aromatic rings. The summed E-state index contributed by atoms with van der Waals surface area (Å²) in [5.41, 5.74) is 5.88. The first-order valence-electron chi connectivity index (χ1n) is 13.0. The fraction of sp³-hybridized carbons (Fsp3) is 0.0278. The Morgan fingerprint density at radius 2 is 1.38 bits per heavy atom. The van der Waals surface area contributed by atoms with Gasteiger partial charge in [0.1, 0.15) is 11.5 Å². The van der Waals surface area contributed by atoms with Gasteiger partial charge in [0.05, 0.1) is 11.4 Å². The van der Waals surface area contributed by atoms with Crippen molar-refractivity contribution in [2.45, 2.75) is 6.92 Å². The second kappa shape index (κ2) is 12.0. The minimum absolute atomic E-state index is 0.164. The van der Waals surface area contributed by atoms with E-state index in [1.165, 1.54) is 0 Å². The SMILES string of the molecule is C=C(\C=C/C=C(C)/C=N/c1cccc2cc(N(c3ccccc3)c3ccccc3)cc(O)c12)c1ccccc1O. The molecular formula is C36H30N2O2. The molecular weight excluding hydrogens is 492 g/mol. The number of aliphatic imine (C=N–C) groups is 1. The van der Waals surface area contributed by atoms with E-state index in [0.717, 1.165) is 28.0 Å². The minimum Gasteiger partial charge on any atom is -0.507 e. The van der Waals surface area contributed by atoms with Crippen molar-refractivity contribution in [3.8, 4) is 11.5 Å². The summed E-state index contributed by atoms with van der Waals surface area (Å²) in [6.07, 6.45) is 7.43. The van der Waals surface area contributed by atoms with Crippen LogP contribution in [0.15, 0.2) is 151 Å². The molecule has 0 spiro atoms. The van der Waals surface area contributed by atoms with E-state index in [0.29, 0.717) is 22.2 Å². The molecule has 0 bridgehead atoms. The number of allylic oxidation sites excluding steroid dienone is 5. The molecule has 0 saturated carbocycles. The third-order valence-corrected chi connectivity index (χ3v) is 6.52. The molecule has 0 aliphatic rings. The van der Waals surface area contributed by atoms with E-state index in [4.69, 9.17) is 4.99 Å². The van der Waals surface area contributed by atoms with Crippen molar-refractivity contribution in [3.63, 3.8) is 0 Å². The van der Waals surface area contributed by atoms with Gasteiger partial charge < -0.3 is 15.1 Å². The van der Waals surface area contributed by atoms with Crippen LogP contribution in [0.1, 0.15) is 12.5 Å². The Morgan fingerprint density at radius 3 is 2.05 bits per heavy atom. The highest BCUT2D eigenvalue weighted by Crippen LogP contribution is 2.41. The zero-order valence-corrected chi connectivity index (χ0v) is 22.3. The predicted octanol–water partition coefficient (Wildman–Crippen LogP) is 9.64. The maximum atomic E-state index is 11.2. The zero-order valence-electron chi connectivity index (χ0n) is 22.3. The van der Waals surface area contributed by atoms with Crippen molar-refractivity contribution >= 4 is 45.3 Å². The number of hydrogen-bond donors (Lipinski definition) is 2. The molecule has 40 heavy (non-hydrogen) atoms. The topological polar surface area (TPSA) is 56.1 Å². The van der Waals surface area contributed by atoms with Gasteiger partial charge in [-0.2, -0.15) is 0 Å². The normalized spacial score (nSPS) is 11.9. The van der Waals surface area contributed by atoms with Gasteiger partial charge in [-0.05, 0) is 65.9 Å². The third-order valence-electron chi connectivity index (χ3n) is 6.52. The summed E-state index contributed by atoms with van der Waals surface area (Å²) in [5, 5.41) is 22.8. The summed E-state index contributed by atoms with van der Waals surface area (Å²) >= 11 is 0.